The van der Waals surface area contributed by atoms with Gasteiger partial charge in [0.05, 0.1) is 0 Å². The maximum Gasteiger partial charge on any atom is 0.246 e. The van der Waals surface area contributed by atoms with E-state index in [1.54, 1.807) is 0 Å². The Balaban J connectivity index is 2.22. The van der Waals surface area contributed by atoms with Crippen molar-refractivity contribution in [2.24, 2.45) is 5.92 Å². The Labute approximate surface area is 124 Å². The van der Waals surface area contributed by atoms with Gasteiger partial charge in [0.1, 0.15) is 16.4 Å². The van der Waals surface area contributed by atoms with Crippen LogP contribution in [0, 0.1) is 17.6 Å². The molecular formula is C14H20F2N2O2S. The van der Waals surface area contributed by atoms with Crippen molar-refractivity contribution >= 4 is 15.7 Å². The second kappa shape index (κ2) is 6.27. The van der Waals surface area contributed by atoms with E-state index in [4.69, 9.17) is 5.73 Å². The molecule has 7 heteroatoms. The molecule has 0 bridgehead atoms. The minimum atomic E-state index is -3.96. The Bertz CT molecular complexity index is 612. The van der Waals surface area contributed by atoms with E-state index < -0.39 is 32.2 Å². The molecule has 0 spiro atoms. The van der Waals surface area contributed by atoms with Crippen LogP contribution in [0.5, 0.6) is 0 Å². The van der Waals surface area contributed by atoms with Crippen molar-refractivity contribution in [3.05, 3.63) is 23.8 Å². The largest absolute Gasteiger partial charge is 0.394 e. The third kappa shape index (κ3) is 3.18. The SMILES string of the molecule is CCCC1CCN(S(=O)(=O)c2ccc(F)c(N)c2F)CC1. The van der Waals surface area contributed by atoms with Crippen LogP contribution in [-0.4, -0.2) is 25.8 Å². The van der Waals surface area contributed by atoms with E-state index in [-0.39, 0.29) is 0 Å². The summed E-state index contributed by atoms with van der Waals surface area (Å²) in [7, 11) is -3.96. The van der Waals surface area contributed by atoms with Gasteiger partial charge in [-0.3, -0.25) is 0 Å². The summed E-state index contributed by atoms with van der Waals surface area (Å²) in [6.07, 6.45) is 3.68. The molecule has 0 aliphatic carbocycles. The zero-order valence-electron chi connectivity index (χ0n) is 12.0. The number of benzene rings is 1. The molecular weight excluding hydrogens is 298 g/mol. The number of hydrogen-bond acceptors (Lipinski definition) is 3. The van der Waals surface area contributed by atoms with Gasteiger partial charge in [0.25, 0.3) is 0 Å². The summed E-state index contributed by atoms with van der Waals surface area (Å²) in [5, 5.41) is 0. The predicted octanol–water partition coefficient (Wildman–Crippen LogP) is 2.75. The molecule has 1 aromatic carbocycles. The van der Waals surface area contributed by atoms with E-state index in [0.29, 0.717) is 19.0 Å². The fourth-order valence-corrected chi connectivity index (χ4v) is 4.28. The lowest BCUT2D eigenvalue weighted by Crippen LogP contribution is -2.38. The molecule has 1 saturated heterocycles. The molecule has 1 aliphatic rings. The van der Waals surface area contributed by atoms with Crippen LogP contribution in [0.25, 0.3) is 0 Å². The highest BCUT2D eigenvalue weighted by atomic mass is 32.2. The zero-order valence-corrected chi connectivity index (χ0v) is 12.8. The lowest BCUT2D eigenvalue weighted by atomic mass is 9.94. The first-order valence-corrected chi connectivity index (χ1v) is 8.55. The highest BCUT2D eigenvalue weighted by Crippen LogP contribution is 2.29. The van der Waals surface area contributed by atoms with Crippen LogP contribution in [0.15, 0.2) is 17.0 Å². The average Bonchev–Trinajstić information content (AvgIpc) is 2.45. The summed E-state index contributed by atoms with van der Waals surface area (Å²) >= 11 is 0. The molecule has 21 heavy (non-hydrogen) atoms. The van der Waals surface area contributed by atoms with Gasteiger partial charge < -0.3 is 5.73 Å². The number of nitrogens with two attached hydrogens (primary N) is 1. The number of sulfonamides is 1. The van der Waals surface area contributed by atoms with Gasteiger partial charge in [-0.15, -0.1) is 0 Å². The summed E-state index contributed by atoms with van der Waals surface area (Å²) in [5.74, 6) is -1.64. The quantitative estimate of drug-likeness (QED) is 0.868. The molecule has 0 radical (unpaired) electrons. The van der Waals surface area contributed by atoms with Crippen molar-refractivity contribution < 1.29 is 17.2 Å². The highest BCUT2D eigenvalue weighted by molar-refractivity contribution is 7.89. The van der Waals surface area contributed by atoms with Crippen LogP contribution in [0.2, 0.25) is 0 Å². The van der Waals surface area contributed by atoms with Gasteiger partial charge in [-0.25, -0.2) is 17.2 Å². The van der Waals surface area contributed by atoms with Crippen molar-refractivity contribution in [3.63, 3.8) is 0 Å². The molecule has 2 N–H and O–H groups in total. The van der Waals surface area contributed by atoms with E-state index in [0.717, 1.165) is 37.8 Å². The maximum atomic E-state index is 13.9. The van der Waals surface area contributed by atoms with Gasteiger partial charge in [-0.05, 0) is 30.9 Å². The Morgan fingerprint density at radius 1 is 1.29 bits per heavy atom. The monoisotopic (exact) mass is 318 g/mol. The van der Waals surface area contributed by atoms with Gasteiger partial charge in [-0.2, -0.15) is 4.31 Å². The minimum Gasteiger partial charge on any atom is -0.394 e. The zero-order chi connectivity index (χ0) is 15.6. The van der Waals surface area contributed by atoms with Gasteiger partial charge >= 0.3 is 0 Å². The number of nitrogens with zero attached hydrogens (tertiary/aromatic N) is 1. The molecule has 1 heterocycles. The minimum absolute atomic E-state index is 0.365. The Morgan fingerprint density at radius 2 is 1.90 bits per heavy atom. The van der Waals surface area contributed by atoms with E-state index in [1.807, 2.05) is 0 Å². The lowest BCUT2D eigenvalue weighted by molar-refractivity contribution is 0.262. The molecule has 0 unspecified atom stereocenters. The highest BCUT2D eigenvalue weighted by Gasteiger charge is 2.32. The molecule has 4 nitrogen and oxygen atoms in total. The Kier molecular flexibility index (Phi) is 4.83. The Morgan fingerprint density at radius 3 is 2.48 bits per heavy atom. The van der Waals surface area contributed by atoms with E-state index in [9.17, 15) is 17.2 Å². The number of rotatable bonds is 4. The van der Waals surface area contributed by atoms with Crippen LogP contribution in [-0.2, 0) is 10.0 Å². The summed E-state index contributed by atoms with van der Waals surface area (Å²) in [5.41, 5.74) is 4.48. The van der Waals surface area contributed by atoms with Crippen molar-refractivity contribution in [1.82, 2.24) is 4.31 Å². The van der Waals surface area contributed by atoms with Crippen molar-refractivity contribution in [2.45, 2.75) is 37.5 Å². The lowest BCUT2D eigenvalue weighted by Gasteiger charge is -2.31. The van der Waals surface area contributed by atoms with Crippen LogP contribution >= 0.6 is 0 Å². The molecule has 0 aromatic heterocycles. The molecule has 0 saturated carbocycles. The smallest absolute Gasteiger partial charge is 0.246 e. The third-order valence-corrected chi connectivity index (χ3v) is 5.90. The Hall–Kier alpha value is -1.21. The van der Waals surface area contributed by atoms with Crippen LogP contribution in [0.3, 0.4) is 0 Å². The number of nitrogen functional groups attached to an aromatic ring is 1. The van der Waals surface area contributed by atoms with E-state index in [1.165, 1.54) is 4.31 Å². The normalized spacial score (nSPS) is 18.0. The number of halogens is 2. The van der Waals surface area contributed by atoms with Gasteiger partial charge in [-0.1, -0.05) is 19.8 Å². The van der Waals surface area contributed by atoms with E-state index in [2.05, 4.69) is 6.92 Å². The molecule has 0 atom stereocenters. The second-order valence-corrected chi connectivity index (χ2v) is 7.32. The third-order valence-electron chi connectivity index (χ3n) is 3.98. The molecule has 1 aromatic rings. The van der Waals surface area contributed by atoms with Gasteiger partial charge in [0.15, 0.2) is 5.82 Å². The predicted molar refractivity (Wildman–Crippen MR) is 77.2 cm³/mol. The second-order valence-electron chi connectivity index (χ2n) is 5.41. The number of anilines is 1. The van der Waals surface area contributed by atoms with Crippen molar-refractivity contribution in [2.75, 3.05) is 18.8 Å². The summed E-state index contributed by atoms with van der Waals surface area (Å²) in [6.45, 7) is 2.83. The maximum absolute atomic E-state index is 13.9. The average molecular weight is 318 g/mol. The summed E-state index contributed by atoms with van der Waals surface area (Å²) < 4.78 is 53.2. The fourth-order valence-electron chi connectivity index (χ4n) is 2.73. The first-order valence-electron chi connectivity index (χ1n) is 7.11. The van der Waals surface area contributed by atoms with Gasteiger partial charge in [0.2, 0.25) is 10.0 Å². The van der Waals surface area contributed by atoms with Crippen molar-refractivity contribution in [3.8, 4) is 0 Å². The molecule has 2 rings (SSSR count). The van der Waals surface area contributed by atoms with Crippen LogP contribution in [0.4, 0.5) is 14.5 Å². The fraction of sp³-hybridized carbons (Fsp3) is 0.571. The van der Waals surface area contributed by atoms with Gasteiger partial charge in [0, 0.05) is 13.1 Å². The molecule has 0 amide bonds. The summed E-state index contributed by atoms with van der Waals surface area (Å²) in [4.78, 5) is -0.546. The number of piperidine rings is 1. The standard InChI is InChI=1S/C14H20F2N2O2S/c1-2-3-10-6-8-18(9-7-10)21(19,20)12-5-4-11(15)14(17)13(12)16/h4-5,10H,2-3,6-9,17H2,1H3. The van der Waals surface area contributed by atoms with Crippen molar-refractivity contribution in [1.29, 1.82) is 0 Å². The topological polar surface area (TPSA) is 63.4 Å². The molecule has 1 aliphatic heterocycles. The first kappa shape index (κ1) is 16.2. The molecule has 1 fully saturated rings. The van der Waals surface area contributed by atoms with Crippen LogP contribution < -0.4 is 5.73 Å². The summed E-state index contributed by atoms with van der Waals surface area (Å²) in [6, 6.07) is 1.82. The molecule has 118 valence electrons. The van der Waals surface area contributed by atoms with E-state index >= 15 is 0 Å². The first-order chi connectivity index (χ1) is 9.87. The number of hydrogen-bond donors (Lipinski definition) is 1. The van der Waals surface area contributed by atoms with Crippen LogP contribution in [0.1, 0.15) is 32.6 Å².